The van der Waals surface area contributed by atoms with Crippen molar-refractivity contribution < 1.29 is 4.79 Å². The number of benzene rings is 1. The number of carbonyl (C=O) groups is 1. The largest absolute Gasteiger partial charge is 0.295 e. The number of ketones is 1. The van der Waals surface area contributed by atoms with Crippen molar-refractivity contribution in [3.05, 3.63) is 41.0 Å². The Labute approximate surface area is 116 Å². The van der Waals surface area contributed by atoms with Crippen LogP contribution < -0.4 is 0 Å². The SMILES string of the molecule is CC.CC(=O)c1ccc(C)c(C2=CCCC(C)=N2)c1. The van der Waals surface area contributed by atoms with Gasteiger partial charge in [0, 0.05) is 16.8 Å². The van der Waals surface area contributed by atoms with Crippen molar-refractivity contribution in [1.82, 2.24) is 0 Å². The van der Waals surface area contributed by atoms with Crippen molar-refractivity contribution in [2.45, 2.75) is 47.5 Å². The van der Waals surface area contributed by atoms with Crippen molar-refractivity contribution in [3.8, 4) is 0 Å². The molecule has 2 heteroatoms. The fraction of sp³-hybridized carbons (Fsp3) is 0.412. The molecule has 0 N–H and O–H groups in total. The van der Waals surface area contributed by atoms with E-state index in [9.17, 15) is 4.79 Å². The summed E-state index contributed by atoms with van der Waals surface area (Å²) in [4.78, 5) is 16.0. The predicted molar refractivity (Wildman–Crippen MR) is 82.9 cm³/mol. The van der Waals surface area contributed by atoms with Gasteiger partial charge in [-0.15, -0.1) is 0 Å². The lowest BCUT2D eigenvalue weighted by atomic mass is 9.98. The van der Waals surface area contributed by atoms with Crippen LogP contribution in [0, 0.1) is 6.92 Å². The highest BCUT2D eigenvalue weighted by atomic mass is 16.1. The molecular weight excluding hydrogens is 234 g/mol. The van der Waals surface area contributed by atoms with E-state index in [1.54, 1.807) is 6.92 Å². The molecule has 0 bridgehead atoms. The first-order valence-electron chi connectivity index (χ1n) is 6.94. The van der Waals surface area contributed by atoms with E-state index in [1.807, 2.05) is 32.0 Å². The lowest BCUT2D eigenvalue weighted by Crippen LogP contribution is -2.01. The van der Waals surface area contributed by atoms with E-state index in [0.717, 1.165) is 35.4 Å². The Morgan fingerprint density at radius 1 is 1.21 bits per heavy atom. The van der Waals surface area contributed by atoms with E-state index in [0.29, 0.717) is 0 Å². The zero-order valence-corrected chi connectivity index (χ0v) is 12.6. The van der Waals surface area contributed by atoms with Gasteiger partial charge in [0.2, 0.25) is 0 Å². The number of aryl methyl sites for hydroxylation is 1. The Morgan fingerprint density at radius 2 is 1.89 bits per heavy atom. The molecule has 0 spiro atoms. The average molecular weight is 257 g/mol. The van der Waals surface area contributed by atoms with Crippen molar-refractivity contribution in [3.63, 3.8) is 0 Å². The van der Waals surface area contributed by atoms with E-state index >= 15 is 0 Å². The normalized spacial score (nSPS) is 13.9. The minimum atomic E-state index is 0.100. The molecule has 0 fully saturated rings. The van der Waals surface area contributed by atoms with Crippen LogP contribution in [0.2, 0.25) is 0 Å². The maximum Gasteiger partial charge on any atom is 0.159 e. The van der Waals surface area contributed by atoms with Gasteiger partial charge in [0.15, 0.2) is 5.78 Å². The lowest BCUT2D eigenvalue weighted by molar-refractivity contribution is 0.101. The molecule has 0 amide bonds. The molecule has 0 radical (unpaired) electrons. The highest BCUT2D eigenvalue weighted by molar-refractivity contribution is 5.96. The summed E-state index contributed by atoms with van der Waals surface area (Å²) in [6.45, 7) is 9.70. The van der Waals surface area contributed by atoms with E-state index in [-0.39, 0.29) is 5.78 Å². The summed E-state index contributed by atoms with van der Waals surface area (Å²) in [5.74, 6) is 0.100. The van der Waals surface area contributed by atoms with Gasteiger partial charge >= 0.3 is 0 Å². The van der Waals surface area contributed by atoms with Crippen LogP contribution in [0.15, 0.2) is 29.3 Å². The van der Waals surface area contributed by atoms with Crippen LogP contribution in [0.4, 0.5) is 0 Å². The van der Waals surface area contributed by atoms with Gasteiger partial charge in [0.1, 0.15) is 0 Å². The van der Waals surface area contributed by atoms with Crippen LogP contribution in [0.3, 0.4) is 0 Å². The Hall–Kier alpha value is -1.70. The minimum absolute atomic E-state index is 0.100. The van der Waals surface area contributed by atoms with E-state index in [4.69, 9.17) is 0 Å². The minimum Gasteiger partial charge on any atom is -0.295 e. The maximum absolute atomic E-state index is 11.4. The third-order valence-corrected chi connectivity index (χ3v) is 3.08. The highest BCUT2D eigenvalue weighted by Gasteiger charge is 2.10. The quantitative estimate of drug-likeness (QED) is 0.698. The second-order valence-electron chi connectivity index (χ2n) is 4.56. The number of Topliss-reactive ketones (excluding diaryl/α,β-unsaturated/α-hetero) is 1. The molecule has 1 aromatic rings. The predicted octanol–water partition coefficient (Wildman–Crippen LogP) is 4.82. The number of carbonyl (C=O) groups excluding carboxylic acids is 1. The van der Waals surface area contributed by atoms with Gasteiger partial charge in [0.05, 0.1) is 5.70 Å². The molecule has 2 rings (SSSR count). The molecule has 0 aromatic heterocycles. The van der Waals surface area contributed by atoms with E-state index < -0.39 is 0 Å². The number of nitrogens with zero attached hydrogens (tertiary/aromatic N) is 1. The topological polar surface area (TPSA) is 29.4 Å². The number of allylic oxidation sites excluding steroid dienone is 1. The standard InChI is InChI=1S/C15H17NO.C2H6/c1-10-7-8-13(12(3)17)9-14(10)15-6-4-5-11(2)16-15;1-2/h6-9H,4-5H2,1-3H3;1-2H3. The smallest absolute Gasteiger partial charge is 0.159 e. The third kappa shape index (κ3) is 3.88. The van der Waals surface area contributed by atoms with Gasteiger partial charge in [-0.05, 0) is 45.2 Å². The second-order valence-corrected chi connectivity index (χ2v) is 4.56. The van der Waals surface area contributed by atoms with Gasteiger partial charge < -0.3 is 0 Å². The fourth-order valence-electron chi connectivity index (χ4n) is 2.01. The second kappa shape index (κ2) is 7.03. The summed E-state index contributed by atoms with van der Waals surface area (Å²) in [7, 11) is 0. The van der Waals surface area contributed by atoms with Gasteiger partial charge in [-0.3, -0.25) is 9.79 Å². The van der Waals surface area contributed by atoms with Crippen LogP contribution in [0.25, 0.3) is 5.70 Å². The molecule has 0 atom stereocenters. The van der Waals surface area contributed by atoms with Crippen molar-refractivity contribution in [1.29, 1.82) is 0 Å². The van der Waals surface area contributed by atoms with Gasteiger partial charge in [-0.2, -0.15) is 0 Å². The number of rotatable bonds is 2. The molecule has 1 heterocycles. The van der Waals surface area contributed by atoms with Crippen LogP contribution in [0.1, 0.15) is 62.0 Å². The molecular formula is C17H23NO. The molecule has 19 heavy (non-hydrogen) atoms. The van der Waals surface area contributed by atoms with Gasteiger partial charge in [-0.25, -0.2) is 0 Å². The summed E-state index contributed by atoms with van der Waals surface area (Å²) in [5, 5.41) is 0. The zero-order chi connectivity index (χ0) is 14.4. The van der Waals surface area contributed by atoms with Crippen molar-refractivity contribution in [2.75, 3.05) is 0 Å². The van der Waals surface area contributed by atoms with Gasteiger partial charge in [0.25, 0.3) is 0 Å². The van der Waals surface area contributed by atoms with Crippen LogP contribution in [-0.4, -0.2) is 11.5 Å². The molecule has 102 valence electrons. The molecule has 1 aromatic carbocycles. The molecule has 0 saturated heterocycles. The molecule has 0 saturated carbocycles. The number of hydrogen-bond acceptors (Lipinski definition) is 2. The first kappa shape index (κ1) is 15.4. The van der Waals surface area contributed by atoms with Crippen LogP contribution in [-0.2, 0) is 0 Å². The van der Waals surface area contributed by atoms with E-state index in [2.05, 4.69) is 24.9 Å². The Morgan fingerprint density at radius 3 is 2.47 bits per heavy atom. The third-order valence-electron chi connectivity index (χ3n) is 3.08. The summed E-state index contributed by atoms with van der Waals surface area (Å²) >= 11 is 0. The first-order chi connectivity index (χ1) is 9.08. The van der Waals surface area contributed by atoms with Crippen LogP contribution >= 0.6 is 0 Å². The number of aliphatic imine (C=N–C) groups is 1. The zero-order valence-electron chi connectivity index (χ0n) is 12.6. The first-order valence-corrected chi connectivity index (χ1v) is 6.94. The molecule has 1 aliphatic rings. The highest BCUT2D eigenvalue weighted by Crippen LogP contribution is 2.25. The molecule has 1 aliphatic heterocycles. The summed E-state index contributed by atoms with van der Waals surface area (Å²) in [6, 6.07) is 5.82. The summed E-state index contributed by atoms with van der Waals surface area (Å²) in [5.41, 5.74) is 5.17. The molecule has 0 unspecified atom stereocenters. The Bertz CT molecular complexity index is 524. The Kier molecular flexibility index (Phi) is 5.68. The fourth-order valence-corrected chi connectivity index (χ4v) is 2.01. The molecule has 2 nitrogen and oxygen atoms in total. The van der Waals surface area contributed by atoms with Crippen molar-refractivity contribution >= 4 is 17.2 Å². The van der Waals surface area contributed by atoms with E-state index in [1.165, 1.54) is 5.56 Å². The number of hydrogen-bond donors (Lipinski definition) is 0. The maximum atomic E-state index is 11.4. The van der Waals surface area contributed by atoms with Crippen molar-refractivity contribution in [2.24, 2.45) is 4.99 Å². The Balaban J connectivity index is 0.000000861. The average Bonchev–Trinajstić information content (AvgIpc) is 2.41. The lowest BCUT2D eigenvalue weighted by Gasteiger charge is -2.13. The summed E-state index contributed by atoms with van der Waals surface area (Å²) in [6.07, 6.45) is 4.22. The van der Waals surface area contributed by atoms with Gasteiger partial charge in [-0.1, -0.05) is 32.1 Å². The molecule has 0 aliphatic carbocycles. The summed E-state index contributed by atoms with van der Waals surface area (Å²) < 4.78 is 0. The van der Waals surface area contributed by atoms with Crippen LogP contribution in [0.5, 0.6) is 0 Å². The monoisotopic (exact) mass is 257 g/mol.